The van der Waals surface area contributed by atoms with Gasteiger partial charge in [0, 0.05) is 16.8 Å². The number of nitrogens with two attached hydrogens (primary N) is 1. The van der Waals surface area contributed by atoms with Gasteiger partial charge in [0.1, 0.15) is 0 Å². The number of halogens is 1. The highest BCUT2D eigenvalue weighted by Gasteiger charge is 2.15. The Morgan fingerprint density at radius 1 is 1.50 bits per heavy atom. The number of rotatable bonds is 3. The van der Waals surface area contributed by atoms with Crippen LogP contribution in [0.2, 0.25) is 5.02 Å². The lowest BCUT2D eigenvalue weighted by Crippen LogP contribution is -2.20. The van der Waals surface area contributed by atoms with Crippen molar-refractivity contribution in [2.75, 3.05) is 0 Å². The van der Waals surface area contributed by atoms with Gasteiger partial charge in [-0.15, -0.1) is 0 Å². The number of aromatic nitrogens is 1. The maximum absolute atomic E-state index is 6.07. The average Bonchev–Trinajstić information content (AvgIpc) is 2.14. The fraction of sp³-hybridized carbons (Fsp3) is 0.545. The topological polar surface area (TPSA) is 38.9 Å². The molecule has 0 unspecified atom stereocenters. The Bertz CT molecular complexity index is 292. The van der Waals surface area contributed by atoms with E-state index in [-0.39, 0.29) is 6.04 Å². The second-order valence-electron chi connectivity index (χ2n) is 3.76. The molecule has 2 nitrogen and oxygen atoms in total. The molecule has 0 radical (unpaired) electrons. The second kappa shape index (κ2) is 4.76. The number of pyridine rings is 1. The highest BCUT2D eigenvalue weighted by molar-refractivity contribution is 6.30. The van der Waals surface area contributed by atoms with Gasteiger partial charge in [-0.25, -0.2) is 0 Å². The zero-order valence-corrected chi connectivity index (χ0v) is 9.67. The number of nitrogens with zero attached hydrogens (tertiary/aromatic N) is 1. The second-order valence-corrected chi connectivity index (χ2v) is 4.20. The van der Waals surface area contributed by atoms with Crippen molar-refractivity contribution in [3.63, 3.8) is 0 Å². The quantitative estimate of drug-likeness (QED) is 0.837. The first-order chi connectivity index (χ1) is 6.54. The van der Waals surface area contributed by atoms with Crippen molar-refractivity contribution >= 4 is 11.6 Å². The van der Waals surface area contributed by atoms with Crippen LogP contribution in [-0.4, -0.2) is 4.98 Å². The molecular weight excluding hydrogens is 196 g/mol. The summed E-state index contributed by atoms with van der Waals surface area (Å²) in [7, 11) is 0. The summed E-state index contributed by atoms with van der Waals surface area (Å²) in [5.41, 5.74) is 7.88. The average molecular weight is 213 g/mol. The zero-order chi connectivity index (χ0) is 10.7. The predicted octanol–water partition coefficient (Wildman–Crippen LogP) is 3.09. The molecule has 0 saturated heterocycles. The molecular formula is C11H17ClN2. The van der Waals surface area contributed by atoms with E-state index in [4.69, 9.17) is 17.3 Å². The fourth-order valence-electron chi connectivity index (χ4n) is 1.37. The molecule has 2 atom stereocenters. The van der Waals surface area contributed by atoms with Crippen molar-refractivity contribution in [2.45, 2.75) is 33.2 Å². The largest absolute Gasteiger partial charge is 0.322 e. The Balaban J connectivity index is 2.94. The molecule has 14 heavy (non-hydrogen) atoms. The van der Waals surface area contributed by atoms with E-state index in [1.807, 2.05) is 19.1 Å². The van der Waals surface area contributed by atoms with Crippen molar-refractivity contribution in [3.05, 3.63) is 28.5 Å². The van der Waals surface area contributed by atoms with Crippen LogP contribution in [-0.2, 0) is 0 Å². The molecule has 0 aliphatic heterocycles. The number of hydrogen-bond donors (Lipinski definition) is 1. The third kappa shape index (κ3) is 2.69. The van der Waals surface area contributed by atoms with Crippen LogP contribution in [0.4, 0.5) is 0 Å². The maximum atomic E-state index is 6.07. The van der Waals surface area contributed by atoms with Gasteiger partial charge < -0.3 is 5.73 Å². The van der Waals surface area contributed by atoms with Crippen LogP contribution < -0.4 is 5.73 Å². The summed E-state index contributed by atoms with van der Waals surface area (Å²) in [4.78, 5) is 4.39. The van der Waals surface area contributed by atoms with Crippen LogP contribution in [0.15, 0.2) is 12.1 Å². The summed E-state index contributed by atoms with van der Waals surface area (Å²) in [6.07, 6.45) is 1.05. The first-order valence-corrected chi connectivity index (χ1v) is 5.32. The van der Waals surface area contributed by atoms with Crippen LogP contribution >= 0.6 is 11.6 Å². The molecule has 1 rings (SSSR count). The fourth-order valence-corrected chi connectivity index (χ4v) is 1.64. The molecule has 0 amide bonds. The first kappa shape index (κ1) is 11.5. The first-order valence-electron chi connectivity index (χ1n) is 4.94. The Hall–Kier alpha value is -0.600. The lowest BCUT2D eigenvalue weighted by molar-refractivity contribution is 0.448. The van der Waals surface area contributed by atoms with Gasteiger partial charge >= 0.3 is 0 Å². The summed E-state index contributed by atoms with van der Waals surface area (Å²) >= 11 is 5.95. The van der Waals surface area contributed by atoms with Crippen molar-refractivity contribution in [1.82, 2.24) is 4.98 Å². The van der Waals surface area contributed by atoms with Gasteiger partial charge in [0.05, 0.1) is 5.69 Å². The molecule has 1 heterocycles. The Kier molecular flexibility index (Phi) is 3.90. The Morgan fingerprint density at radius 2 is 2.14 bits per heavy atom. The third-order valence-corrected chi connectivity index (χ3v) is 2.75. The summed E-state index contributed by atoms with van der Waals surface area (Å²) in [5.74, 6) is 0.431. The molecule has 0 aliphatic rings. The van der Waals surface area contributed by atoms with Gasteiger partial charge in [-0.1, -0.05) is 31.9 Å². The Labute approximate surface area is 90.5 Å². The summed E-state index contributed by atoms with van der Waals surface area (Å²) < 4.78 is 0. The van der Waals surface area contributed by atoms with Gasteiger partial charge in [-0.3, -0.25) is 4.98 Å². The molecule has 0 aromatic carbocycles. The summed E-state index contributed by atoms with van der Waals surface area (Å²) in [5, 5.41) is 0.714. The number of aryl methyl sites for hydroxylation is 1. The highest BCUT2D eigenvalue weighted by Crippen LogP contribution is 2.22. The molecule has 0 fully saturated rings. The van der Waals surface area contributed by atoms with Gasteiger partial charge in [0.25, 0.3) is 0 Å². The Morgan fingerprint density at radius 3 is 2.64 bits per heavy atom. The molecule has 0 bridgehead atoms. The number of hydrogen-bond acceptors (Lipinski definition) is 2. The zero-order valence-electron chi connectivity index (χ0n) is 8.92. The molecule has 0 spiro atoms. The molecule has 3 heteroatoms. The van der Waals surface area contributed by atoms with E-state index in [0.717, 1.165) is 17.8 Å². The van der Waals surface area contributed by atoms with E-state index in [0.29, 0.717) is 10.9 Å². The van der Waals surface area contributed by atoms with Crippen LogP contribution in [0.5, 0.6) is 0 Å². The van der Waals surface area contributed by atoms with Gasteiger partial charge in [-0.2, -0.15) is 0 Å². The minimum absolute atomic E-state index is 0.0163. The minimum Gasteiger partial charge on any atom is -0.322 e. The molecule has 1 aromatic rings. The van der Waals surface area contributed by atoms with Gasteiger partial charge in [-0.05, 0) is 25.0 Å². The van der Waals surface area contributed by atoms with Crippen molar-refractivity contribution in [3.8, 4) is 0 Å². The molecule has 0 aliphatic carbocycles. The lowest BCUT2D eigenvalue weighted by Gasteiger charge is -2.18. The smallest absolute Gasteiger partial charge is 0.0591 e. The van der Waals surface area contributed by atoms with E-state index in [9.17, 15) is 0 Å². The standard InChI is InChI=1S/C11H17ClN2/c1-4-7(2)11(13)10-6-9(12)5-8(3)14-10/h5-7,11H,4,13H2,1-3H3/t7-,11+/m0/s1. The van der Waals surface area contributed by atoms with E-state index < -0.39 is 0 Å². The summed E-state index contributed by atoms with van der Waals surface area (Å²) in [6, 6.07) is 3.68. The van der Waals surface area contributed by atoms with Crippen molar-refractivity contribution in [1.29, 1.82) is 0 Å². The van der Waals surface area contributed by atoms with Crippen LogP contribution in [0, 0.1) is 12.8 Å². The SMILES string of the molecule is CC[C@H](C)[C@@H](N)c1cc(Cl)cc(C)n1. The normalized spacial score (nSPS) is 15.2. The lowest BCUT2D eigenvalue weighted by atomic mass is 9.97. The maximum Gasteiger partial charge on any atom is 0.0591 e. The molecule has 1 aromatic heterocycles. The van der Waals surface area contributed by atoms with E-state index in [2.05, 4.69) is 18.8 Å². The predicted molar refractivity (Wildman–Crippen MR) is 60.4 cm³/mol. The minimum atomic E-state index is -0.0163. The molecule has 78 valence electrons. The van der Waals surface area contributed by atoms with Crippen LogP contribution in [0.1, 0.15) is 37.7 Å². The van der Waals surface area contributed by atoms with Crippen LogP contribution in [0.3, 0.4) is 0 Å². The van der Waals surface area contributed by atoms with E-state index in [1.165, 1.54) is 0 Å². The van der Waals surface area contributed by atoms with Crippen molar-refractivity contribution < 1.29 is 0 Å². The van der Waals surface area contributed by atoms with E-state index >= 15 is 0 Å². The van der Waals surface area contributed by atoms with Crippen molar-refractivity contribution in [2.24, 2.45) is 11.7 Å². The third-order valence-electron chi connectivity index (χ3n) is 2.54. The molecule has 2 N–H and O–H groups in total. The highest BCUT2D eigenvalue weighted by atomic mass is 35.5. The van der Waals surface area contributed by atoms with E-state index in [1.54, 1.807) is 0 Å². The van der Waals surface area contributed by atoms with Gasteiger partial charge in [0.2, 0.25) is 0 Å². The van der Waals surface area contributed by atoms with Crippen LogP contribution in [0.25, 0.3) is 0 Å². The monoisotopic (exact) mass is 212 g/mol. The van der Waals surface area contributed by atoms with Gasteiger partial charge in [0.15, 0.2) is 0 Å². The molecule has 0 saturated carbocycles. The summed E-state index contributed by atoms with van der Waals surface area (Å²) in [6.45, 7) is 6.18.